The number of nitrogens with one attached hydrogen (secondary N) is 1. The molecule has 1 aromatic carbocycles. The summed E-state index contributed by atoms with van der Waals surface area (Å²) < 4.78 is 5.50. The quantitative estimate of drug-likeness (QED) is 0.817. The first-order valence-electron chi connectivity index (χ1n) is 6.19. The summed E-state index contributed by atoms with van der Waals surface area (Å²) in [6.07, 6.45) is 0.827. The fourth-order valence-corrected chi connectivity index (χ4v) is 1.61. The van der Waals surface area contributed by atoms with Crippen LogP contribution >= 0.6 is 11.6 Å². The van der Waals surface area contributed by atoms with Crippen LogP contribution in [0.5, 0.6) is 5.75 Å². The Balaban J connectivity index is 2.73. The summed E-state index contributed by atoms with van der Waals surface area (Å²) in [6.45, 7) is 5.55. The molecular formula is C14H18ClNO3. The van der Waals surface area contributed by atoms with Crippen molar-refractivity contribution >= 4 is 23.8 Å². The molecule has 0 radical (unpaired) electrons. The Morgan fingerprint density at radius 1 is 1.47 bits per heavy atom. The molecule has 0 aliphatic rings. The van der Waals surface area contributed by atoms with Gasteiger partial charge in [0.15, 0.2) is 12.4 Å². The van der Waals surface area contributed by atoms with Gasteiger partial charge in [-0.15, -0.1) is 0 Å². The van der Waals surface area contributed by atoms with Gasteiger partial charge in [0.05, 0.1) is 5.56 Å². The normalized spacial score (nSPS) is 13.5. The second kappa shape index (κ2) is 7.14. The van der Waals surface area contributed by atoms with Gasteiger partial charge in [0, 0.05) is 11.1 Å². The maximum absolute atomic E-state index is 11.8. The van der Waals surface area contributed by atoms with Crippen molar-refractivity contribution in [3.05, 3.63) is 28.8 Å². The summed E-state index contributed by atoms with van der Waals surface area (Å²) in [5.41, 5.74) is 0.329. The molecule has 0 aliphatic carbocycles. The first-order chi connectivity index (χ1) is 8.97. The van der Waals surface area contributed by atoms with E-state index in [4.69, 9.17) is 16.3 Å². The van der Waals surface area contributed by atoms with E-state index in [1.54, 1.807) is 19.1 Å². The Morgan fingerprint density at radius 2 is 2.16 bits per heavy atom. The lowest BCUT2D eigenvalue weighted by Crippen LogP contribution is -2.41. The SMILES string of the molecule is CCC(C)NC(=O)C(C)Oc1ccc(Cl)cc1C=O. The second-order valence-electron chi connectivity index (χ2n) is 4.38. The molecule has 0 heterocycles. The highest BCUT2D eigenvalue weighted by Crippen LogP contribution is 2.22. The van der Waals surface area contributed by atoms with Gasteiger partial charge in [0.2, 0.25) is 0 Å². The molecule has 104 valence electrons. The molecule has 1 amide bonds. The number of carbonyl (C=O) groups excluding carboxylic acids is 2. The van der Waals surface area contributed by atoms with Crippen LogP contribution in [0.25, 0.3) is 0 Å². The van der Waals surface area contributed by atoms with Gasteiger partial charge in [0.1, 0.15) is 5.75 Å². The third-order valence-electron chi connectivity index (χ3n) is 2.77. The van der Waals surface area contributed by atoms with Crippen LogP contribution in [0.1, 0.15) is 37.6 Å². The summed E-state index contributed by atoms with van der Waals surface area (Å²) in [5, 5.41) is 3.27. The van der Waals surface area contributed by atoms with Crippen molar-refractivity contribution in [2.24, 2.45) is 0 Å². The molecule has 0 bridgehead atoms. The zero-order valence-electron chi connectivity index (χ0n) is 11.3. The molecule has 5 heteroatoms. The fourth-order valence-electron chi connectivity index (χ4n) is 1.42. The van der Waals surface area contributed by atoms with Crippen LogP contribution in [-0.2, 0) is 4.79 Å². The number of halogens is 1. The summed E-state index contributed by atoms with van der Waals surface area (Å²) in [7, 11) is 0. The molecule has 0 saturated heterocycles. The molecule has 1 aromatic rings. The van der Waals surface area contributed by atoms with Crippen molar-refractivity contribution in [2.45, 2.75) is 39.3 Å². The molecule has 0 saturated carbocycles. The lowest BCUT2D eigenvalue weighted by Gasteiger charge is -2.18. The fraction of sp³-hybridized carbons (Fsp3) is 0.429. The van der Waals surface area contributed by atoms with Gasteiger partial charge in [-0.3, -0.25) is 9.59 Å². The molecule has 2 unspecified atom stereocenters. The number of hydrogen-bond donors (Lipinski definition) is 1. The van der Waals surface area contributed by atoms with E-state index in [-0.39, 0.29) is 11.9 Å². The van der Waals surface area contributed by atoms with Crippen LogP contribution in [0.4, 0.5) is 0 Å². The van der Waals surface area contributed by atoms with E-state index in [2.05, 4.69) is 5.32 Å². The highest BCUT2D eigenvalue weighted by molar-refractivity contribution is 6.30. The van der Waals surface area contributed by atoms with Gasteiger partial charge in [0.25, 0.3) is 5.91 Å². The van der Waals surface area contributed by atoms with E-state index in [1.807, 2.05) is 13.8 Å². The largest absolute Gasteiger partial charge is 0.480 e. The third-order valence-corrected chi connectivity index (χ3v) is 3.01. The van der Waals surface area contributed by atoms with Crippen molar-refractivity contribution in [3.63, 3.8) is 0 Å². The molecule has 1 N–H and O–H groups in total. The lowest BCUT2D eigenvalue weighted by atomic mass is 10.2. The summed E-state index contributed by atoms with van der Waals surface area (Å²) in [6, 6.07) is 4.79. The number of rotatable bonds is 6. The second-order valence-corrected chi connectivity index (χ2v) is 4.81. The Hall–Kier alpha value is -1.55. The minimum Gasteiger partial charge on any atom is -0.480 e. The summed E-state index contributed by atoms with van der Waals surface area (Å²) in [5.74, 6) is 0.146. The predicted octanol–water partition coefficient (Wildman–Crippen LogP) is 2.83. The van der Waals surface area contributed by atoms with Crippen molar-refractivity contribution in [3.8, 4) is 5.75 Å². The first-order valence-corrected chi connectivity index (χ1v) is 6.57. The van der Waals surface area contributed by atoms with Gasteiger partial charge < -0.3 is 10.1 Å². The van der Waals surface area contributed by atoms with Gasteiger partial charge in [-0.1, -0.05) is 18.5 Å². The van der Waals surface area contributed by atoms with E-state index in [9.17, 15) is 9.59 Å². The van der Waals surface area contributed by atoms with Gasteiger partial charge in [-0.05, 0) is 38.5 Å². The minimum absolute atomic E-state index is 0.0920. The Bertz CT molecular complexity index is 462. The lowest BCUT2D eigenvalue weighted by molar-refractivity contribution is -0.127. The summed E-state index contributed by atoms with van der Waals surface area (Å²) >= 11 is 5.79. The molecule has 0 aromatic heterocycles. The summed E-state index contributed by atoms with van der Waals surface area (Å²) in [4.78, 5) is 22.7. The molecule has 0 spiro atoms. The standard InChI is InChI=1S/C14H18ClNO3/c1-4-9(2)16-14(18)10(3)19-13-6-5-12(15)7-11(13)8-17/h5-10H,4H2,1-3H3,(H,16,18). The Labute approximate surface area is 118 Å². The Morgan fingerprint density at radius 3 is 2.74 bits per heavy atom. The molecule has 2 atom stereocenters. The van der Waals surface area contributed by atoms with Gasteiger partial charge in [-0.25, -0.2) is 0 Å². The number of hydrogen-bond acceptors (Lipinski definition) is 3. The highest BCUT2D eigenvalue weighted by atomic mass is 35.5. The predicted molar refractivity (Wildman–Crippen MR) is 74.8 cm³/mol. The number of amides is 1. The van der Waals surface area contributed by atoms with Crippen LogP contribution in [0.3, 0.4) is 0 Å². The smallest absolute Gasteiger partial charge is 0.260 e. The zero-order valence-corrected chi connectivity index (χ0v) is 12.0. The van der Waals surface area contributed by atoms with E-state index < -0.39 is 6.10 Å². The first kappa shape index (κ1) is 15.5. The average Bonchev–Trinajstić information content (AvgIpc) is 2.40. The number of carbonyl (C=O) groups is 2. The maximum Gasteiger partial charge on any atom is 0.260 e. The minimum atomic E-state index is -0.672. The van der Waals surface area contributed by atoms with Crippen molar-refractivity contribution in [1.29, 1.82) is 0 Å². The molecule has 0 fully saturated rings. The molecular weight excluding hydrogens is 266 g/mol. The number of aldehydes is 1. The number of benzene rings is 1. The van der Waals surface area contributed by atoms with Crippen LogP contribution in [0.15, 0.2) is 18.2 Å². The Kier molecular flexibility index (Phi) is 5.83. The van der Waals surface area contributed by atoms with E-state index >= 15 is 0 Å². The van der Waals surface area contributed by atoms with Crippen LogP contribution in [-0.4, -0.2) is 24.3 Å². The molecule has 1 rings (SSSR count). The van der Waals surface area contributed by atoms with E-state index in [0.717, 1.165) is 6.42 Å². The van der Waals surface area contributed by atoms with Gasteiger partial charge in [-0.2, -0.15) is 0 Å². The van der Waals surface area contributed by atoms with Crippen LogP contribution < -0.4 is 10.1 Å². The van der Waals surface area contributed by atoms with Crippen molar-refractivity contribution in [1.82, 2.24) is 5.32 Å². The number of ether oxygens (including phenoxy) is 1. The molecule has 0 aliphatic heterocycles. The van der Waals surface area contributed by atoms with Gasteiger partial charge >= 0.3 is 0 Å². The monoisotopic (exact) mass is 283 g/mol. The van der Waals surface area contributed by atoms with Crippen LogP contribution in [0.2, 0.25) is 5.02 Å². The van der Waals surface area contributed by atoms with Crippen molar-refractivity contribution < 1.29 is 14.3 Å². The average molecular weight is 284 g/mol. The highest BCUT2D eigenvalue weighted by Gasteiger charge is 2.17. The van der Waals surface area contributed by atoms with Crippen LogP contribution in [0, 0.1) is 0 Å². The molecule has 19 heavy (non-hydrogen) atoms. The maximum atomic E-state index is 11.8. The zero-order chi connectivity index (χ0) is 14.4. The van der Waals surface area contributed by atoms with E-state index in [0.29, 0.717) is 22.6 Å². The third kappa shape index (κ3) is 4.56. The van der Waals surface area contributed by atoms with Crippen molar-refractivity contribution in [2.75, 3.05) is 0 Å². The topological polar surface area (TPSA) is 55.4 Å². The molecule has 4 nitrogen and oxygen atoms in total. The van der Waals surface area contributed by atoms with E-state index in [1.165, 1.54) is 6.07 Å².